The lowest BCUT2D eigenvalue weighted by Gasteiger charge is -2.39. The van der Waals surface area contributed by atoms with Gasteiger partial charge >= 0.3 is 11.9 Å². The Labute approximate surface area is 266 Å². The minimum absolute atomic E-state index is 0. The van der Waals surface area contributed by atoms with Crippen molar-refractivity contribution in [2.24, 2.45) is 0 Å². The molecular formula is C33H62N4O7. The maximum atomic E-state index is 11.5. The molecule has 0 radical (unpaired) electrons. The molecule has 0 amide bonds. The molecule has 0 unspecified atom stereocenters. The molecule has 1 fully saturated rings. The second-order valence-electron chi connectivity index (χ2n) is 10.2. The van der Waals surface area contributed by atoms with E-state index in [1.807, 2.05) is 53.7 Å². The summed E-state index contributed by atoms with van der Waals surface area (Å²) in [5.74, 6) is -1.03. The molecule has 256 valence electrons. The van der Waals surface area contributed by atoms with E-state index in [2.05, 4.69) is 45.4 Å². The van der Waals surface area contributed by atoms with Crippen LogP contribution in [-0.2, 0) is 31.9 Å². The fourth-order valence-electron chi connectivity index (χ4n) is 4.23. The Bertz CT molecular complexity index is 992. The number of hydrogen-bond acceptors (Lipinski definition) is 8. The number of likely N-dealkylation sites (tertiary alicyclic amines) is 1. The molecule has 2 aromatic heterocycles. The number of aliphatic carboxylic acids is 1. The number of carbonyl (C=O) groups excluding carboxylic acids is 2. The number of carboxylic acid groups (broad SMARTS) is 1. The summed E-state index contributed by atoms with van der Waals surface area (Å²) in [5, 5.41) is 18.7. The van der Waals surface area contributed by atoms with Crippen LogP contribution in [0.2, 0.25) is 0 Å². The van der Waals surface area contributed by atoms with Crippen molar-refractivity contribution < 1.29 is 34.1 Å². The molecule has 2 aromatic rings. The first-order valence-corrected chi connectivity index (χ1v) is 15.0. The number of esters is 1. The van der Waals surface area contributed by atoms with Gasteiger partial charge in [0.05, 0.1) is 24.2 Å². The standard InChI is InChI=1S/C11H24N2O.C10H15NO2.C7H9NO2.C3H8O.CH2O.CH4/c1-4-13(5-2)10-11(14)6-8-12(3)9-7-11;1-4-8-9(7(3)6-11-8)10(12)13-5-2;1-5-2-6(8-4-5)3-7(9)10;1-3-4-2;1-2;/h14H,4-10H2,1-3H3;6,11H,4-5H2,1-3H3;2,4,8H,3H2,1H3,(H,9,10);3H2,1-2H3;1H2;1H4. The summed E-state index contributed by atoms with van der Waals surface area (Å²) < 4.78 is 9.49. The molecule has 4 N–H and O–H groups in total. The molecule has 11 heteroatoms. The Balaban J connectivity index is -0.000000524. The summed E-state index contributed by atoms with van der Waals surface area (Å²) in [6.45, 7) is 22.1. The van der Waals surface area contributed by atoms with Crippen molar-refractivity contribution in [1.82, 2.24) is 19.8 Å². The predicted octanol–water partition coefficient (Wildman–Crippen LogP) is 4.90. The largest absolute Gasteiger partial charge is 0.481 e. The zero-order valence-electron chi connectivity index (χ0n) is 28.0. The van der Waals surface area contributed by atoms with Crippen LogP contribution in [0, 0.1) is 13.8 Å². The van der Waals surface area contributed by atoms with E-state index in [4.69, 9.17) is 14.6 Å². The molecule has 0 aliphatic carbocycles. The summed E-state index contributed by atoms with van der Waals surface area (Å²) >= 11 is 0. The van der Waals surface area contributed by atoms with Crippen molar-refractivity contribution in [3.8, 4) is 0 Å². The molecule has 1 aliphatic rings. The minimum atomic E-state index is -0.804. The highest BCUT2D eigenvalue weighted by molar-refractivity contribution is 5.92. The molecular weight excluding hydrogens is 564 g/mol. The number of aryl methyl sites for hydroxylation is 3. The summed E-state index contributed by atoms with van der Waals surface area (Å²) in [6, 6.07) is 1.83. The monoisotopic (exact) mass is 626 g/mol. The van der Waals surface area contributed by atoms with E-state index < -0.39 is 11.6 Å². The zero-order chi connectivity index (χ0) is 33.4. The maximum absolute atomic E-state index is 11.5. The van der Waals surface area contributed by atoms with E-state index in [0.717, 1.165) is 81.1 Å². The number of piperidine rings is 1. The van der Waals surface area contributed by atoms with Gasteiger partial charge in [-0.15, -0.1) is 0 Å². The topological polar surface area (TPSA) is 148 Å². The second-order valence-corrected chi connectivity index (χ2v) is 10.2. The van der Waals surface area contributed by atoms with E-state index in [9.17, 15) is 14.7 Å². The highest BCUT2D eigenvalue weighted by Gasteiger charge is 2.32. The van der Waals surface area contributed by atoms with Crippen LogP contribution in [0.5, 0.6) is 0 Å². The number of H-pyrrole nitrogens is 2. The Morgan fingerprint density at radius 1 is 1.02 bits per heavy atom. The van der Waals surface area contributed by atoms with Crippen LogP contribution in [0.15, 0.2) is 18.5 Å². The van der Waals surface area contributed by atoms with Gasteiger partial charge in [-0.3, -0.25) is 4.79 Å². The minimum Gasteiger partial charge on any atom is -0.481 e. The number of aliphatic hydroxyl groups is 1. The SMILES string of the molecule is C.C=O.CCN(CC)CC1(O)CCN(C)CC1.CCOC.CCOC(=O)c1c(C)c[nH]c1CC.Cc1c[nH]c(CC(=O)O)c1. The van der Waals surface area contributed by atoms with Gasteiger partial charge in [-0.2, -0.15) is 0 Å². The third-order valence-corrected chi connectivity index (χ3v) is 6.84. The van der Waals surface area contributed by atoms with Crippen LogP contribution in [0.4, 0.5) is 0 Å². The highest BCUT2D eigenvalue weighted by Crippen LogP contribution is 2.22. The molecule has 0 spiro atoms. The van der Waals surface area contributed by atoms with Crippen LogP contribution in [0.3, 0.4) is 0 Å². The average Bonchev–Trinajstić information content (AvgIpc) is 3.59. The Kier molecular flexibility index (Phi) is 27.3. The van der Waals surface area contributed by atoms with Crippen molar-refractivity contribution >= 4 is 18.7 Å². The second kappa shape index (κ2) is 26.4. The smallest absolute Gasteiger partial charge is 0.340 e. The molecule has 1 aliphatic heterocycles. The van der Waals surface area contributed by atoms with Gasteiger partial charge in [-0.05, 0) is 84.3 Å². The molecule has 11 nitrogen and oxygen atoms in total. The van der Waals surface area contributed by atoms with Crippen LogP contribution in [-0.4, -0.2) is 114 Å². The third-order valence-electron chi connectivity index (χ3n) is 6.84. The fourth-order valence-corrected chi connectivity index (χ4v) is 4.23. The Morgan fingerprint density at radius 3 is 1.95 bits per heavy atom. The highest BCUT2D eigenvalue weighted by atomic mass is 16.5. The Morgan fingerprint density at radius 2 is 1.57 bits per heavy atom. The van der Waals surface area contributed by atoms with Gasteiger partial charge in [-0.25, -0.2) is 4.79 Å². The van der Waals surface area contributed by atoms with Gasteiger partial charge in [-0.1, -0.05) is 28.2 Å². The first-order valence-electron chi connectivity index (χ1n) is 15.0. The van der Waals surface area contributed by atoms with Gasteiger partial charge in [0.2, 0.25) is 0 Å². The van der Waals surface area contributed by atoms with E-state index in [1.54, 1.807) is 13.3 Å². The lowest BCUT2D eigenvalue weighted by atomic mass is 9.91. The number of hydrogen-bond donors (Lipinski definition) is 4. The predicted molar refractivity (Wildman–Crippen MR) is 179 cm³/mol. The number of aromatic amines is 2. The number of nitrogens with zero attached hydrogens (tertiary/aromatic N) is 2. The number of methoxy groups -OCH3 is 1. The third kappa shape index (κ3) is 19.3. The molecule has 0 atom stereocenters. The number of ether oxygens (including phenoxy) is 2. The van der Waals surface area contributed by atoms with Crippen LogP contribution in [0.25, 0.3) is 0 Å². The summed E-state index contributed by atoms with van der Waals surface area (Å²) in [7, 11) is 3.80. The molecule has 3 rings (SSSR count). The zero-order valence-corrected chi connectivity index (χ0v) is 28.0. The van der Waals surface area contributed by atoms with E-state index in [0.29, 0.717) is 12.2 Å². The molecule has 0 bridgehead atoms. The van der Waals surface area contributed by atoms with E-state index in [1.165, 1.54) is 0 Å². The van der Waals surface area contributed by atoms with Gasteiger partial charge in [0.25, 0.3) is 0 Å². The Hall–Kier alpha value is -2.99. The normalized spacial score (nSPS) is 13.2. The summed E-state index contributed by atoms with van der Waals surface area (Å²) in [4.78, 5) is 40.1. The van der Waals surface area contributed by atoms with Crippen molar-refractivity contribution in [3.63, 3.8) is 0 Å². The fraction of sp³-hybridized carbons (Fsp3) is 0.667. The lowest BCUT2D eigenvalue weighted by Crippen LogP contribution is -2.50. The molecule has 1 saturated heterocycles. The van der Waals surface area contributed by atoms with Crippen LogP contribution in [0.1, 0.15) is 87.8 Å². The van der Waals surface area contributed by atoms with Crippen molar-refractivity contribution in [2.45, 2.75) is 87.2 Å². The first-order chi connectivity index (χ1) is 20.4. The lowest BCUT2D eigenvalue weighted by molar-refractivity contribution is -0.136. The van der Waals surface area contributed by atoms with Crippen molar-refractivity contribution in [2.75, 3.05) is 60.1 Å². The number of aromatic nitrogens is 2. The summed E-state index contributed by atoms with van der Waals surface area (Å²) in [5.41, 5.74) is 4.00. The van der Waals surface area contributed by atoms with Crippen LogP contribution < -0.4 is 0 Å². The number of carboxylic acids is 1. The van der Waals surface area contributed by atoms with E-state index >= 15 is 0 Å². The molecule has 3 heterocycles. The molecule has 44 heavy (non-hydrogen) atoms. The summed E-state index contributed by atoms with van der Waals surface area (Å²) in [6.07, 6.45) is 6.36. The number of likely N-dealkylation sites (N-methyl/N-ethyl adjacent to an activating group) is 1. The first kappa shape index (κ1) is 45.4. The van der Waals surface area contributed by atoms with Gasteiger partial charge in [0.15, 0.2) is 0 Å². The van der Waals surface area contributed by atoms with E-state index in [-0.39, 0.29) is 19.8 Å². The van der Waals surface area contributed by atoms with Crippen molar-refractivity contribution in [3.05, 3.63) is 46.5 Å². The maximum Gasteiger partial charge on any atom is 0.340 e. The molecule has 0 aromatic carbocycles. The number of carbonyl (C=O) groups is 3. The average molecular weight is 627 g/mol. The quantitative estimate of drug-likeness (QED) is 0.270. The number of nitrogens with one attached hydrogen (secondary N) is 2. The van der Waals surface area contributed by atoms with Gasteiger partial charge in [0, 0.05) is 57.1 Å². The molecule has 0 saturated carbocycles. The van der Waals surface area contributed by atoms with Crippen LogP contribution >= 0.6 is 0 Å². The number of rotatable bonds is 10. The van der Waals surface area contributed by atoms with Gasteiger partial charge < -0.3 is 44.2 Å². The van der Waals surface area contributed by atoms with Crippen molar-refractivity contribution in [1.29, 1.82) is 0 Å². The van der Waals surface area contributed by atoms with Gasteiger partial charge in [0.1, 0.15) is 6.79 Å².